The van der Waals surface area contributed by atoms with E-state index in [1.165, 1.54) is 180 Å². The lowest BCUT2D eigenvalue weighted by atomic mass is 10.0. The van der Waals surface area contributed by atoms with Crippen LogP contribution in [0.25, 0.3) is 0 Å². The number of aliphatic hydroxyl groups excluding tert-OH is 3. The van der Waals surface area contributed by atoms with E-state index in [9.17, 15) is 20.1 Å². The second kappa shape index (κ2) is 46.3. The molecule has 3 atom stereocenters. The summed E-state index contributed by atoms with van der Waals surface area (Å²) in [6.45, 7) is 4.09. The van der Waals surface area contributed by atoms with Crippen molar-refractivity contribution in [3.05, 3.63) is 36.5 Å². The average Bonchev–Trinajstić information content (AvgIpc) is 3.20. The van der Waals surface area contributed by atoms with Crippen LogP contribution in [0.2, 0.25) is 0 Å². The number of unbranched alkanes of at least 4 members (excludes halogenated alkanes) is 31. The standard InChI is InChI=1S/C51H97NO4/c1-3-5-7-9-11-13-15-16-17-18-19-20-21-22-23-24-25-26-27-28-29-30-31-32-33-34-35-36-38-40-42-44-46-50(55)52-48(47-53)51(56)49(54)45-43-41-39-37-14-12-10-8-6-4-2/h8,10,22-23,37,39,48-49,51,53-54,56H,3-7,9,11-21,24-36,38,40-47H2,1-2H3,(H,52,55)/b10-8+,23-22-,39-37+. The van der Waals surface area contributed by atoms with E-state index in [0.29, 0.717) is 12.8 Å². The van der Waals surface area contributed by atoms with Crippen LogP contribution in [-0.2, 0) is 4.79 Å². The van der Waals surface area contributed by atoms with E-state index in [-0.39, 0.29) is 12.5 Å². The SMILES string of the molecule is CCC/C=C/CC/C=C/CCCC(O)C(O)C(CO)NC(=O)CCCCCCCCCCCCCCCCCC/C=C\CCCCCCCCCCCCCC. The van der Waals surface area contributed by atoms with Crippen LogP contribution in [0.1, 0.15) is 258 Å². The predicted octanol–water partition coefficient (Wildman–Crippen LogP) is 14.7. The molecule has 56 heavy (non-hydrogen) atoms. The van der Waals surface area contributed by atoms with E-state index < -0.39 is 18.2 Å². The Morgan fingerprint density at radius 2 is 0.768 bits per heavy atom. The van der Waals surface area contributed by atoms with Gasteiger partial charge >= 0.3 is 0 Å². The summed E-state index contributed by atoms with van der Waals surface area (Å²) in [6.07, 6.45) is 58.8. The number of nitrogens with one attached hydrogen (secondary N) is 1. The highest BCUT2D eigenvalue weighted by molar-refractivity contribution is 5.76. The Hall–Kier alpha value is -1.43. The Kier molecular flexibility index (Phi) is 45.1. The van der Waals surface area contributed by atoms with Gasteiger partial charge in [0.2, 0.25) is 5.91 Å². The van der Waals surface area contributed by atoms with Gasteiger partial charge in [0.1, 0.15) is 6.10 Å². The minimum Gasteiger partial charge on any atom is -0.394 e. The highest BCUT2D eigenvalue weighted by atomic mass is 16.3. The molecule has 0 heterocycles. The predicted molar refractivity (Wildman–Crippen MR) is 245 cm³/mol. The molecule has 0 aromatic rings. The van der Waals surface area contributed by atoms with Gasteiger partial charge in [-0.25, -0.2) is 0 Å². The molecule has 0 aliphatic heterocycles. The van der Waals surface area contributed by atoms with Gasteiger partial charge in [-0.3, -0.25) is 4.79 Å². The van der Waals surface area contributed by atoms with Gasteiger partial charge in [0.25, 0.3) is 0 Å². The molecule has 0 aromatic carbocycles. The maximum Gasteiger partial charge on any atom is 0.220 e. The molecule has 5 nitrogen and oxygen atoms in total. The zero-order valence-corrected chi connectivity index (χ0v) is 37.5. The maximum absolute atomic E-state index is 12.4. The van der Waals surface area contributed by atoms with Gasteiger partial charge in [0, 0.05) is 6.42 Å². The molecule has 0 saturated heterocycles. The average molecular weight is 788 g/mol. The Labute approximate surface area is 349 Å². The van der Waals surface area contributed by atoms with Crippen molar-refractivity contribution in [2.45, 2.75) is 276 Å². The third-order valence-electron chi connectivity index (χ3n) is 11.4. The van der Waals surface area contributed by atoms with E-state index in [1.807, 2.05) is 0 Å². The second-order valence-electron chi connectivity index (χ2n) is 17.0. The van der Waals surface area contributed by atoms with E-state index in [2.05, 4.69) is 55.6 Å². The molecular weight excluding hydrogens is 691 g/mol. The van der Waals surface area contributed by atoms with E-state index in [4.69, 9.17) is 0 Å². The maximum atomic E-state index is 12.4. The lowest BCUT2D eigenvalue weighted by Crippen LogP contribution is -2.50. The van der Waals surface area contributed by atoms with Crippen molar-refractivity contribution >= 4 is 5.91 Å². The number of carbonyl (C=O) groups excluding carboxylic acids is 1. The summed E-state index contributed by atoms with van der Waals surface area (Å²) in [7, 11) is 0. The molecule has 0 rings (SSSR count). The highest BCUT2D eigenvalue weighted by Gasteiger charge is 2.26. The topological polar surface area (TPSA) is 89.8 Å². The van der Waals surface area contributed by atoms with Gasteiger partial charge in [0.05, 0.1) is 18.8 Å². The Balaban J connectivity index is 3.48. The first-order valence-electron chi connectivity index (χ1n) is 24.8. The number of amides is 1. The van der Waals surface area contributed by atoms with Gasteiger partial charge in [-0.1, -0.05) is 217 Å². The molecule has 4 N–H and O–H groups in total. The molecule has 0 radical (unpaired) electrons. The number of aliphatic hydroxyl groups is 3. The van der Waals surface area contributed by atoms with Crippen molar-refractivity contribution in [2.75, 3.05) is 6.61 Å². The number of hydrogen-bond donors (Lipinski definition) is 4. The molecule has 0 saturated carbocycles. The van der Waals surface area contributed by atoms with Crippen LogP contribution in [0.5, 0.6) is 0 Å². The molecule has 3 unspecified atom stereocenters. The summed E-state index contributed by atoms with van der Waals surface area (Å²) in [6, 6.07) is -0.830. The molecule has 330 valence electrons. The normalized spacial score (nSPS) is 13.7. The third-order valence-corrected chi connectivity index (χ3v) is 11.4. The zero-order valence-electron chi connectivity index (χ0n) is 37.5. The van der Waals surface area contributed by atoms with E-state index in [1.54, 1.807) is 0 Å². The summed E-state index contributed by atoms with van der Waals surface area (Å²) in [5, 5.41) is 33.4. The van der Waals surface area contributed by atoms with Gasteiger partial charge < -0.3 is 20.6 Å². The number of allylic oxidation sites excluding steroid dienone is 6. The Morgan fingerprint density at radius 1 is 0.429 bits per heavy atom. The first kappa shape index (κ1) is 54.6. The van der Waals surface area contributed by atoms with Gasteiger partial charge in [-0.15, -0.1) is 0 Å². The molecule has 0 aliphatic carbocycles. The Morgan fingerprint density at radius 3 is 1.16 bits per heavy atom. The lowest BCUT2D eigenvalue weighted by Gasteiger charge is -2.26. The molecule has 1 amide bonds. The molecule has 0 spiro atoms. The van der Waals surface area contributed by atoms with Crippen LogP contribution < -0.4 is 5.32 Å². The number of hydrogen-bond acceptors (Lipinski definition) is 4. The first-order valence-corrected chi connectivity index (χ1v) is 24.8. The fourth-order valence-corrected chi connectivity index (χ4v) is 7.59. The monoisotopic (exact) mass is 788 g/mol. The molecule has 0 aliphatic rings. The van der Waals surface area contributed by atoms with Crippen LogP contribution in [0, 0.1) is 0 Å². The van der Waals surface area contributed by atoms with E-state index >= 15 is 0 Å². The largest absolute Gasteiger partial charge is 0.394 e. The summed E-state index contributed by atoms with van der Waals surface area (Å²) < 4.78 is 0. The van der Waals surface area contributed by atoms with Crippen molar-refractivity contribution in [1.82, 2.24) is 5.32 Å². The lowest BCUT2D eigenvalue weighted by molar-refractivity contribution is -0.124. The van der Waals surface area contributed by atoms with Crippen molar-refractivity contribution in [3.8, 4) is 0 Å². The fourth-order valence-electron chi connectivity index (χ4n) is 7.59. The smallest absolute Gasteiger partial charge is 0.220 e. The summed E-state index contributed by atoms with van der Waals surface area (Å²) in [5.41, 5.74) is 0. The van der Waals surface area contributed by atoms with Crippen LogP contribution in [0.15, 0.2) is 36.5 Å². The molecule has 0 bridgehead atoms. The van der Waals surface area contributed by atoms with Crippen LogP contribution >= 0.6 is 0 Å². The quantitative estimate of drug-likeness (QED) is 0.0365. The van der Waals surface area contributed by atoms with Gasteiger partial charge in [-0.05, 0) is 70.6 Å². The highest BCUT2D eigenvalue weighted by Crippen LogP contribution is 2.16. The Bertz CT molecular complexity index is 870. The molecular formula is C51H97NO4. The fraction of sp³-hybridized carbons (Fsp3) is 0.863. The van der Waals surface area contributed by atoms with Crippen molar-refractivity contribution < 1.29 is 20.1 Å². The summed E-state index contributed by atoms with van der Waals surface area (Å²) in [4.78, 5) is 12.4. The number of rotatable bonds is 45. The van der Waals surface area contributed by atoms with Gasteiger partial charge in [0.15, 0.2) is 0 Å². The van der Waals surface area contributed by atoms with Crippen molar-refractivity contribution in [1.29, 1.82) is 0 Å². The van der Waals surface area contributed by atoms with Crippen molar-refractivity contribution in [2.24, 2.45) is 0 Å². The molecule has 0 fully saturated rings. The minimum atomic E-state index is -1.16. The summed E-state index contributed by atoms with van der Waals surface area (Å²) in [5.74, 6) is -0.158. The van der Waals surface area contributed by atoms with Crippen molar-refractivity contribution in [3.63, 3.8) is 0 Å². The molecule has 0 aromatic heterocycles. The minimum absolute atomic E-state index is 0.158. The van der Waals surface area contributed by atoms with Crippen LogP contribution in [-0.4, -0.2) is 46.1 Å². The van der Waals surface area contributed by atoms with Gasteiger partial charge in [-0.2, -0.15) is 0 Å². The second-order valence-corrected chi connectivity index (χ2v) is 17.0. The third kappa shape index (κ3) is 40.8. The van der Waals surface area contributed by atoms with Crippen LogP contribution in [0.4, 0.5) is 0 Å². The zero-order chi connectivity index (χ0) is 40.8. The number of carbonyl (C=O) groups is 1. The van der Waals surface area contributed by atoms with Crippen LogP contribution in [0.3, 0.4) is 0 Å². The summed E-state index contributed by atoms with van der Waals surface area (Å²) >= 11 is 0. The molecule has 5 heteroatoms. The first-order chi connectivity index (χ1) is 27.6. The van der Waals surface area contributed by atoms with E-state index in [0.717, 1.165) is 51.4 Å².